The fraction of sp³-hybridized carbons (Fsp3) is 0.522. The van der Waals surface area contributed by atoms with E-state index in [1.165, 1.54) is 7.11 Å². The van der Waals surface area contributed by atoms with Gasteiger partial charge in [-0.15, -0.1) is 0 Å². The lowest BCUT2D eigenvalue weighted by molar-refractivity contribution is -0.148. The minimum atomic E-state index is -0.649. The van der Waals surface area contributed by atoms with Gasteiger partial charge in [0, 0.05) is 12.3 Å². The van der Waals surface area contributed by atoms with Crippen molar-refractivity contribution in [1.82, 2.24) is 0 Å². The molecule has 1 atom stereocenters. The largest absolute Gasteiger partial charge is 0.430 e. The second-order valence-electron chi connectivity index (χ2n) is 8.69. The summed E-state index contributed by atoms with van der Waals surface area (Å²) in [6, 6.07) is 4.10. The summed E-state index contributed by atoms with van der Waals surface area (Å²) in [7, 11) is 1.49. The third-order valence-electron chi connectivity index (χ3n) is 4.87. The molecule has 0 bridgehead atoms. The van der Waals surface area contributed by atoms with E-state index in [1.54, 1.807) is 0 Å². The van der Waals surface area contributed by atoms with Gasteiger partial charge in [0.1, 0.15) is 12.9 Å². The Labute approximate surface area is 167 Å². The van der Waals surface area contributed by atoms with Crippen molar-refractivity contribution in [2.24, 2.45) is 16.5 Å². The molecule has 0 saturated carbocycles. The molecule has 1 unspecified atom stereocenters. The number of ether oxygens (including phenoxy) is 1. The Kier molecular flexibility index (Phi) is 6.48. The van der Waals surface area contributed by atoms with E-state index < -0.39 is 5.41 Å². The number of carbonyl (C=O) groups is 2. The Hall–Kier alpha value is -2.43. The van der Waals surface area contributed by atoms with Crippen LogP contribution in [0.1, 0.15) is 62.8 Å². The molecule has 1 aromatic carbocycles. The number of nitrogens with zero attached hydrogens (tertiary/aromatic N) is 1. The van der Waals surface area contributed by atoms with E-state index in [1.807, 2.05) is 48.5 Å². The summed E-state index contributed by atoms with van der Waals surface area (Å²) >= 11 is 0. The Morgan fingerprint density at radius 2 is 1.75 bits per heavy atom. The van der Waals surface area contributed by atoms with Crippen molar-refractivity contribution in [3.63, 3.8) is 0 Å². The predicted octanol–water partition coefficient (Wildman–Crippen LogP) is 4.91. The fourth-order valence-electron chi connectivity index (χ4n) is 3.67. The van der Waals surface area contributed by atoms with Crippen molar-refractivity contribution < 1.29 is 19.2 Å². The van der Waals surface area contributed by atoms with Crippen LogP contribution >= 0.6 is 0 Å². The zero-order chi connectivity index (χ0) is 21.2. The monoisotopic (exact) mass is 385 g/mol. The number of esters is 1. The van der Waals surface area contributed by atoms with Crippen LogP contribution in [0.5, 0.6) is 0 Å². The molecule has 1 aromatic rings. The number of benzene rings is 1. The number of oxime groups is 1. The van der Waals surface area contributed by atoms with Gasteiger partial charge in [0.05, 0.1) is 16.7 Å². The molecule has 1 aliphatic carbocycles. The lowest BCUT2D eigenvalue weighted by Gasteiger charge is -2.18. The van der Waals surface area contributed by atoms with Gasteiger partial charge in [-0.25, -0.2) is 0 Å². The predicted molar refractivity (Wildman–Crippen MR) is 111 cm³/mol. The van der Waals surface area contributed by atoms with E-state index >= 15 is 0 Å². The van der Waals surface area contributed by atoms with Crippen LogP contribution in [-0.4, -0.2) is 24.6 Å². The van der Waals surface area contributed by atoms with Crippen LogP contribution in [0, 0.1) is 32.1 Å². The highest BCUT2D eigenvalue weighted by Crippen LogP contribution is 2.40. The lowest BCUT2D eigenvalue weighted by Crippen LogP contribution is -2.22. The van der Waals surface area contributed by atoms with Crippen LogP contribution in [-0.2, 0) is 19.2 Å². The Balaban J connectivity index is 2.53. The van der Waals surface area contributed by atoms with Gasteiger partial charge in [0.15, 0.2) is 5.78 Å². The Morgan fingerprint density at radius 1 is 1.18 bits per heavy atom. The number of hydrogen-bond acceptors (Lipinski definition) is 5. The van der Waals surface area contributed by atoms with Crippen molar-refractivity contribution in [1.29, 1.82) is 0 Å². The summed E-state index contributed by atoms with van der Waals surface area (Å²) < 4.78 is 5.77. The maximum atomic E-state index is 13.3. The highest BCUT2D eigenvalue weighted by molar-refractivity contribution is 6.26. The molecule has 0 N–H and O–H groups in total. The molecule has 152 valence electrons. The number of Topliss-reactive ketones (excluding diaryl/α,β-unsaturated/α-hetero) is 1. The summed E-state index contributed by atoms with van der Waals surface area (Å²) in [5.41, 5.74) is 4.64. The summed E-state index contributed by atoms with van der Waals surface area (Å²) in [4.78, 5) is 30.7. The molecule has 5 nitrogen and oxygen atoms in total. The molecule has 0 aromatic heterocycles. The molecule has 0 fully saturated rings. The van der Waals surface area contributed by atoms with Crippen LogP contribution < -0.4 is 0 Å². The van der Waals surface area contributed by atoms with Crippen molar-refractivity contribution in [3.05, 3.63) is 40.1 Å². The molecule has 2 rings (SSSR count). The smallest absolute Gasteiger partial charge is 0.316 e. The quantitative estimate of drug-likeness (QED) is 0.410. The van der Waals surface area contributed by atoms with Gasteiger partial charge in [0.2, 0.25) is 0 Å². The first-order valence-electron chi connectivity index (χ1n) is 9.60. The second-order valence-corrected chi connectivity index (χ2v) is 8.69. The third kappa shape index (κ3) is 4.70. The molecular formula is C23H31NO4. The summed E-state index contributed by atoms with van der Waals surface area (Å²) in [6.07, 6.45) is 0.857. The molecule has 0 spiro atoms. The highest BCUT2D eigenvalue weighted by atomic mass is 16.6. The van der Waals surface area contributed by atoms with Crippen LogP contribution in [0.3, 0.4) is 0 Å². The first-order valence-corrected chi connectivity index (χ1v) is 9.60. The molecule has 0 saturated heterocycles. The zero-order valence-corrected chi connectivity index (χ0v) is 18.2. The van der Waals surface area contributed by atoms with Crippen LogP contribution in [0.2, 0.25) is 0 Å². The first kappa shape index (κ1) is 21.9. The van der Waals surface area contributed by atoms with E-state index in [4.69, 9.17) is 9.57 Å². The van der Waals surface area contributed by atoms with E-state index in [0.717, 1.165) is 28.0 Å². The third-order valence-corrected chi connectivity index (χ3v) is 4.87. The molecular weight excluding hydrogens is 354 g/mol. The van der Waals surface area contributed by atoms with Gasteiger partial charge in [-0.05, 0) is 71.6 Å². The Morgan fingerprint density at radius 3 is 2.25 bits per heavy atom. The highest BCUT2D eigenvalue weighted by Gasteiger charge is 2.39. The average Bonchev–Trinajstić information content (AvgIpc) is 2.82. The summed E-state index contributed by atoms with van der Waals surface area (Å²) in [6.45, 7) is 13.3. The topological polar surface area (TPSA) is 65.0 Å². The van der Waals surface area contributed by atoms with Gasteiger partial charge in [-0.2, -0.15) is 0 Å². The molecule has 1 aliphatic rings. The number of ketones is 1. The number of hydrogen-bond donors (Lipinski definition) is 0. The molecule has 0 amide bonds. The number of allylic oxidation sites excluding steroid dienone is 2. The van der Waals surface area contributed by atoms with Crippen molar-refractivity contribution in [2.45, 2.75) is 61.3 Å². The normalized spacial score (nSPS) is 17.9. The Bertz CT molecular complexity index is 833. The fourth-order valence-corrected chi connectivity index (χ4v) is 3.67. The maximum absolute atomic E-state index is 13.3. The number of carbonyl (C=O) groups excluding carboxylic acids is 2. The molecule has 0 radical (unpaired) electrons. The van der Waals surface area contributed by atoms with Crippen molar-refractivity contribution in [2.75, 3.05) is 7.11 Å². The minimum Gasteiger partial charge on any atom is -0.430 e. The van der Waals surface area contributed by atoms with Crippen molar-refractivity contribution in [3.8, 4) is 0 Å². The lowest BCUT2D eigenvalue weighted by atomic mass is 9.90. The molecule has 5 heteroatoms. The van der Waals surface area contributed by atoms with Gasteiger partial charge in [0.25, 0.3) is 0 Å². The maximum Gasteiger partial charge on any atom is 0.316 e. The standard InChI is InChI=1S/C23H31NO4/c1-13-9-14(2)19(15(3)10-13)20-18(28-22(26)23(5,6)7)12-17(21(20)25)11-16(4)24-27-8/h9-10,17H,11-12H2,1-8H3/b24-16+. The van der Waals surface area contributed by atoms with Gasteiger partial charge in [-0.3, -0.25) is 9.59 Å². The first-order chi connectivity index (χ1) is 13.0. The van der Waals surface area contributed by atoms with Crippen molar-refractivity contribution >= 4 is 23.0 Å². The molecule has 28 heavy (non-hydrogen) atoms. The summed E-state index contributed by atoms with van der Waals surface area (Å²) in [5, 5.41) is 3.93. The number of rotatable bonds is 5. The van der Waals surface area contributed by atoms with E-state index in [9.17, 15) is 9.59 Å². The SMILES string of the molecule is CO/N=C(\C)CC1CC(OC(=O)C(C)(C)C)=C(c2c(C)cc(C)cc2C)C1=O. The van der Waals surface area contributed by atoms with E-state index in [2.05, 4.69) is 17.3 Å². The van der Waals surface area contributed by atoms with Gasteiger partial charge < -0.3 is 9.57 Å². The van der Waals surface area contributed by atoms with Gasteiger partial charge in [-0.1, -0.05) is 22.9 Å². The average molecular weight is 386 g/mol. The molecule has 0 heterocycles. The zero-order valence-electron chi connectivity index (χ0n) is 18.2. The summed E-state index contributed by atoms with van der Waals surface area (Å²) in [5.74, 6) is -0.178. The van der Waals surface area contributed by atoms with Crippen LogP contribution in [0.15, 0.2) is 23.0 Å². The van der Waals surface area contributed by atoms with Crippen LogP contribution in [0.4, 0.5) is 0 Å². The van der Waals surface area contributed by atoms with E-state index in [-0.39, 0.29) is 17.7 Å². The number of aryl methyl sites for hydroxylation is 3. The van der Waals surface area contributed by atoms with E-state index in [0.29, 0.717) is 24.2 Å². The van der Waals surface area contributed by atoms with Gasteiger partial charge >= 0.3 is 5.97 Å². The molecule has 0 aliphatic heterocycles. The minimum absolute atomic E-state index is 0.00239. The van der Waals surface area contributed by atoms with Crippen LogP contribution in [0.25, 0.3) is 5.57 Å². The second kappa shape index (κ2) is 8.29.